The van der Waals surface area contributed by atoms with Gasteiger partial charge in [-0.2, -0.15) is 5.10 Å². The molecule has 2 N–H and O–H groups in total. The van der Waals surface area contributed by atoms with Gasteiger partial charge in [0.25, 0.3) is 11.8 Å². The van der Waals surface area contributed by atoms with E-state index in [2.05, 4.69) is 34.7 Å². The van der Waals surface area contributed by atoms with Gasteiger partial charge in [0, 0.05) is 22.9 Å². The first-order valence-electron chi connectivity index (χ1n) is 11.1. The van der Waals surface area contributed by atoms with Crippen LogP contribution in [0.3, 0.4) is 0 Å². The van der Waals surface area contributed by atoms with Crippen LogP contribution in [0.25, 0.3) is 0 Å². The van der Waals surface area contributed by atoms with Crippen LogP contribution in [0.4, 0.5) is 0 Å². The van der Waals surface area contributed by atoms with Gasteiger partial charge in [-0.25, -0.2) is 5.43 Å². The minimum absolute atomic E-state index is 0.0536. The highest BCUT2D eigenvalue weighted by molar-refractivity contribution is 5.98. The highest BCUT2D eigenvalue weighted by atomic mass is 16.2. The lowest BCUT2D eigenvalue weighted by atomic mass is 9.61. The molecule has 162 valence electrons. The molecule has 6 heteroatoms. The molecule has 1 heterocycles. The van der Waals surface area contributed by atoms with Crippen molar-refractivity contribution in [1.82, 2.24) is 15.7 Å². The zero-order valence-electron chi connectivity index (χ0n) is 18.2. The van der Waals surface area contributed by atoms with E-state index in [1.807, 2.05) is 12.1 Å². The number of nitrogens with zero attached hydrogens (tertiary/aromatic N) is 2. The first kappa shape index (κ1) is 21.2. The predicted molar refractivity (Wildman–Crippen MR) is 121 cm³/mol. The van der Waals surface area contributed by atoms with E-state index in [9.17, 15) is 9.59 Å². The summed E-state index contributed by atoms with van der Waals surface area (Å²) in [5.74, 6) is 1.61. The van der Waals surface area contributed by atoms with Crippen LogP contribution in [0.2, 0.25) is 0 Å². The van der Waals surface area contributed by atoms with Crippen molar-refractivity contribution in [2.45, 2.75) is 51.5 Å². The Bertz CT molecular complexity index is 936. The van der Waals surface area contributed by atoms with E-state index in [0.717, 1.165) is 19.3 Å². The Morgan fingerprint density at radius 3 is 2.23 bits per heavy atom. The molecule has 2 aromatic rings. The zero-order chi connectivity index (χ0) is 21.8. The fourth-order valence-electron chi connectivity index (χ4n) is 5.62. The summed E-state index contributed by atoms with van der Waals surface area (Å²) in [5, 5.41) is 7.31. The van der Waals surface area contributed by atoms with Crippen molar-refractivity contribution in [3.8, 4) is 0 Å². The van der Waals surface area contributed by atoms with Gasteiger partial charge in [-0.05, 0) is 86.3 Å². The summed E-state index contributed by atoms with van der Waals surface area (Å²) in [6.07, 6.45) is 8.88. The fraction of sp³-hybridized carbons (Fsp3) is 0.440. The minimum atomic E-state index is -0.331. The van der Waals surface area contributed by atoms with E-state index in [4.69, 9.17) is 0 Å². The van der Waals surface area contributed by atoms with Crippen molar-refractivity contribution < 1.29 is 9.59 Å². The van der Waals surface area contributed by atoms with Gasteiger partial charge in [0.1, 0.15) is 0 Å². The molecule has 1 aromatic carbocycles. The summed E-state index contributed by atoms with van der Waals surface area (Å²) in [7, 11) is 0. The number of hydrogen-bond acceptors (Lipinski definition) is 4. The molecule has 2 aliphatic carbocycles. The number of benzene rings is 1. The molecular weight excluding hydrogens is 388 g/mol. The van der Waals surface area contributed by atoms with Crippen LogP contribution in [0.15, 0.2) is 53.8 Å². The van der Waals surface area contributed by atoms with Crippen molar-refractivity contribution in [2.75, 3.05) is 0 Å². The highest BCUT2D eigenvalue weighted by Gasteiger charge is 2.45. The molecule has 2 atom stereocenters. The van der Waals surface area contributed by atoms with E-state index < -0.39 is 0 Å². The Morgan fingerprint density at radius 1 is 0.968 bits per heavy atom. The summed E-state index contributed by atoms with van der Waals surface area (Å²) in [6.45, 7) is 4.60. The largest absolute Gasteiger partial charge is 0.347 e. The molecule has 2 amide bonds. The monoisotopic (exact) mass is 418 g/mol. The second-order valence-electron chi connectivity index (χ2n) is 9.43. The summed E-state index contributed by atoms with van der Waals surface area (Å²) in [5.41, 5.74) is 4.09. The zero-order valence-corrected chi connectivity index (χ0v) is 18.2. The van der Waals surface area contributed by atoms with Gasteiger partial charge in [0.15, 0.2) is 0 Å². The molecule has 4 rings (SSSR count). The third kappa shape index (κ3) is 5.19. The molecule has 0 saturated heterocycles. The van der Waals surface area contributed by atoms with E-state index in [1.54, 1.807) is 36.5 Å². The second-order valence-corrected chi connectivity index (χ2v) is 9.43. The maximum absolute atomic E-state index is 13.0. The Labute approximate surface area is 183 Å². The van der Waals surface area contributed by atoms with Gasteiger partial charge in [-0.3, -0.25) is 14.6 Å². The van der Waals surface area contributed by atoms with E-state index in [1.165, 1.54) is 19.1 Å². The maximum Gasteiger partial charge on any atom is 0.271 e. The van der Waals surface area contributed by atoms with Gasteiger partial charge in [-0.15, -0.1) is 0 Å². The van der Waals surface area contributed by atoms with Gasteiger partial charge < -0.3 is 5.32 Å². The number of hydrogen-bond donors (Lipinski definition) is 2. The van der Waals surface area contributed by atoms with Gasteiger partial charge >= 0.3 is 0 Å². The van der Waals surface area contributed by atoms with Crippen molar-refractivity contribution in [2.24, 2.45) is 22.9 Å². The third-order valence-electron chi connectivity index (χ3n) is 6.47. The average Bonchev–Trinajstić information content (AvgIpc) is 2.73. The summed E-state index contributed by atoms with van der Waals surface area (Å²) >= 11 is 0. The van der Waals surface area contributed by atoms with Crippen molar-refractivity contribution in [3.63, 3.8) is 0 Å². The molecule has 2 unspecified atom stereocenters. The van der Waals surface area contributed by atoms with Crippen molar-refractivity contribution in [1.29, 1.82) is 0 Å². The molecule has 6 nitrogen and oxygen atoms in total. The van der Waals surface area contributed by atoms with Crippen molar-refractivity contribution in [3.05, 3.63) is 65.5 Å². The molecule has 2 bridgehead atoms. The summed E-state index contributed by atoms with van der Waals surface area (Å²) < 4.78 is 0. The molecule has 1 aromatic heterocycles. The lowest BCUT2D eigenvalue weighted by Gasteiger charge is -2.50. The SMILES string of the molecule is CC1CC2CC(C)CC(NC(=O)c3ccc(C(=O)N/N=C/c4ccccn4)cc3)(C1)C2. The maximum atomic E-state index is 13.0. The molecule has 2 saturated carbocycles. The number of carbonyl (C=O) groups excluding carboxylic acids is 2. The number of rotatable bonds is 5. The molecule has 0 spiro atoms. The van der Waals surface area contributed by atoms with Crippen LogP contribution in [-0.2, 0) is 0 Å². The number of amides is 2. The summed E-state index contributed by atoms with van der Waals surface area (Å²) in [6, 6.07) is 12.2. The normalized spacial score (nSPS) is 27.6. The molecule has 2 aliphatic rings. The van der Waals surface area contributed by atoms with Gasteiger partial charge in [-0.1, -0.05) is 19.9 Å². The second kappa shape index (κ2) is 9.00. The molecule has 0 aliphatic heterocycles. The fourth-order valence-corrected chi connectivity index (χ4v) is 5.62. The average molecular weight is 419 g/mol. The van der Waals surface area contributed by atoms with Crippen LogP contribution < -0.4 is 10.7 Å². The number of carbonyl (C=O) groups is 2. The Hall–Kier alpha value is -3.02. The van der Waals surface area contributed by atoms with Gasteiger partial charge in [0.2, 0.25) is 0 Å². The number of hydrazone groups is 1. The molecular formula is C25H30N4O2. The van der Waals surface area contributed by atoms with Crippen LogP contribution in [0, 0.1) is 17.8 Å². The smallest absolute Gasteiger partial charge is 0.271 e. The van der Waals surface area contributed by atoms with Gasteiger partial charge in [0.05, 0.1) is 11.9 Å². The standard InChI is InChI=1S/C25H30N4O2/c1-17-11-19-12-18(2)14-25(13-17,15-19)28-23(30)20-6-8-21(9-7-20)24(31)29-27-16-22-5-3-4-10-26-22/h3-10,16-19H,11-15H2,1-2H3,(H,28,30)(H,29,31)/b27-16+. The molecule has 0 radical (unpaired) electrons. The lowest BCUT2D eigenvalue weighted by Crippen LogP contribution is -2.56. The number of aromatic nitrogens is 1. The summed E-state index contributed by atoms with van der Waals surface area (Å²) in [4.78, 5) is 29.4. The van der Waals surface area contributed by atoms with Crippen LogP contribution in [0.5, 0.6) is 0 Å². The first-order valence-corrected chi connectivity index (χ1v) is 11.1. The van der Waals surface area contributed by atoms with E-state index >= 15 is 0 Å². The third-order valence-corrected chi connectivity index (χ3v) is 6.47. The first-order chi connectivity index (χ1) is 14.9. The van der Waals surface area contributed by atoms with Crippen LogP contribution in [-0.4, -0.2) is 28.6 Å². The quantitative estimate of drug-likeness (QED) is 0.564. The van der Waals surface area contributed by atoms with E-state index in [-0.39, 0.29) is 17.4 Å². The number of fused-ring (bicyclic) bond motifs is 2. The Morgan fingerprint density at radius 2 is 1.61 bits per heavy atom. The minimum Gasteiger partial charge on any atom is -0.347 e. The lowest BCUT2D eigenvalue weighted by molar-refractivity contribution is 0.0476. The number of pyridine rings is 1. The van der Waals surface area contributed by atoms with E-state index in [0.29, 0.717) is 34.6 Å². The highest BCUT2D eigenvalue weighted by Crippen LogP contribution is 2.47. The molecule has 31 heavy (non-hydrogen) atoms. The van der Waals surface area contributed by atoms with Crippen molar-refractivity contribution >= 4 is 18.0 Å². The Kier molecular flexibility index (Phi) is 6.16. The van der Waals surface area contributed by atoms with Crippen LogP contribution in [0.1, 0.15) is 72.4 Å². The Balaban J connectivity index is 1.38. The van der Waals surface area contributed by atoms with Crippen LogP contribution >= 0.6 is 0 Å². The molecule has 2 fully saturated rings. The topological polar surface area (TPSA) is 83.5 Å². The predicted octanol–water partition coefficient (Wildman–Crippen LogP) is 4.18. The number of nitrogens with one attached hydrogen (secondary N) is 2.